The summed E-state index contributed by atoms with van der Waals surface area (Å²) in [6.45, 7) is 0. The molecule has 0 aliphatic heterocycles. The molecule has 0 saturated carbocycles. The smallest absolute Gasteiger partial charge is 0.0195 e. The molecule has 0 bridgehead atoms. The van der Waals surface area contributed by atoms with Crippen molar-refractivity contribution < 1.29 is 58.9 Å². The Balaban J connectivity index is 0.000000249. The first-order valence-electron chi connectivity index (χ1n) is 22.2. The summed E-state index contributed by atoms with van der Waals surface area (Å²) in [4.78, 5) is 0. The summed E-state index contributed by atoms with van der Waals surface area (Å²) in [6.07, 6.45) is 7.43. The van der Waals surface area contributed by atoms with Gasteiger partial charge in [0, 0.05) is 0 Å². The maximum Gasteiger partial charge on any atom is -0.0195 e. The average Bonchev–Trinajstić information content (AvgIpc) is 3.39. The van der Waals surface area contributed by atoms with Gasteiger partial charge in [-0.1, -0.05) is 243 Å². The van der Waals surface area contributed by atoms with Crippen LogP contribution in [0.5, 0.6) is 0 Å². The summed E-state index contributed by atoms with van der Waals surface area (Å²) >= 11 is 0.472. The van der Waals surface area contributed by atoms with E-state index in [0.29, 0.717) is 0 Å². The predicted molar refractivity (Wildman–Crippen MR) is 279 cm³/mol. The van der Waals surface area contributed by atoms with E-state index in [9.17, 15) is 17.3 Å². The summed E-state index contributed by atoms with van der Waals surface area (Å²) in [5.74, 6) is 0. The molecule has 65 heavy (non-hydrogen) atoms. The van der Waals surface area contributed by atoms with Crippen molar-refractivity contribution in [2.45, 2.75) is 12.8 Å². The van der Waals surface area contributed by atoms with E-state index in [4.69, 9.17) is 2.25 Å². The third kappa shape index (κ3) is 19.0. The van der Waals surface area contributed by atoms with E-state index in [0.717, 1.165) is 0 Å². The van der Waals surface area contributed by atoms with E-state index < -0.39 is 28.0 Å². The van der Waals surface area contributed by atoms with Crippen LogP contribution in [-0.2, 0) is 41.6 Å². The van der Waals surface area contributed by atoms with Gasteiger partial charge in [-0.15, -0.1) is 0 Å². The number of rotatable bonds is 16. The van der Waals surface area contributed by atoms with Crippen LogP contribution in [0.25, 0.3) is 0 Å². The van der Waals surface area contributed by atoms with Gasteiger partial charge in [0.15, 0.2) is 0 Å². The van der Waals surface area contributed by atoms with Gasteiger partial charge >= 0.3 is 51.1 Å². The van der Waals surface area contributed by atoms with Crippen LogP contribution < -0.4 is 42.4 Å². The first kappa shape index (κ1) is 49.5. The molecular formula is C54H55BF4P4Pt2. The van der Waals surface area contributed by atoms with Crippen LogP contribution >= 0.6 is 31.7 Å². The molecule has 0 atom stereocenters. The molecule has 0 radical (unpaired) electrons. The van der Waals surface area contributed by atoms with Gasteiger partial charge in [-0.2, -0.15) is 0 Å². The molecule has 342 valence electrons. The minimum atomic E-state index is -6.00. The summed E-state index contributed by atoms with van der Waals surface area (Å²) in [5, 5.41) is 11.9. The van der Waals surface area contributed by atoms with Gasteiger partial charge in [-0.25, -0.2) is 0 Å². The van der Waals surface area contributed by atoms with Crippen LogP contribution in [0.4, 0.5) is 17.3 Å². The molecule has 0 saturated heterocycles. The van der Waals surface area contributed by atoms with Crippen molar-refractivity contribution in [2.75, 3.05) is 24.6 Å². The Hall–Kier alpha value is -3.36. The van der Waals surface area contributed by atoms with Crippen molar-refractivity contribution in [3.63, 3.8) is 0 Å². The quantitative estimate of drug-likeness (QED) is 0.0514. The fourth-order valence-corrected chi connectivity index (χ4v) is 17.2. The van der Waals surface area contributed by atoms with Crippen molar-refractivity contribution in [1.29, 1.82) is 2.25 Å². The first-order chi connectivity index (χ1) is 33.2. The molecule has 0 heterocycles. The molecule has 11 heteroatoms. The SMILES string of the molecule is F[B-](F)(F)F.[2H][Pt+].[2H][Pt][2H].c1ccc(P(CCCP(c2ccccc2)c2ccccc2)c2ccccc2)cc1.c1ccc(P(CCCP(c2ccccc2)c2ccccc2)c2ccccc2)cc1. The third-order valence-electron chi connectivity index (χ3n) is 10.1. The maximum atomic E-state index is 9.75. The van der Waals surface area contributed by atoms with Crippen molar-refractivity contribution in [3.8, 4) is 0 Å². The molecule has 0 aliphatic carbocycles. The fraction of sp³-hybridized carbons (Fsp3) is 0.111. The number of halogens is 4. The second kappa shape index (κ2) is 30.1. The van der Waals surface area contributed by atoms with Crippen LogP contribution in [0.15, 0.2) is 243 Å². The van der Waals surface area contributed by atoms with Crippen molar-refractivity contribution in [1.82, 2.24) is 0 Å². The summed E-state index contributed by atoms with van der Waals surface area (Å²) < 4.78 is 56.7. The molecule has 0 unspecified atom stereocenters. The van der Waals surface area contributed by atoms with Gasteiger partial charge < -0.3 is 17.3 Å². The molecule has 0 amide bonds. The molecule has 0 fully saturated rings. The van der Waals surface area contributed by atoms with E-state index in [1.54, 1.807) is 0 Å². The second-order valence-electron chi connectivity index (χ2n) is 14.5. The Morgan fingerprint density at radius 1 is 0.308 bits per heavy atom. The van der Waals surface area contributed by atoms with Gasteiger partial charge in [-0.3, -0.25) is 0 Å². The van der Waals surface area contributed by atoms with Gasteiger partial charge in [0.25, 0.3) is 0 Å². The topological polar surface area (TPSA) is 0 Å². The van der Waals surface area contributed by atoms with Gasteiger partial charge in [0.1, 0.15) is 0 Å². The first-order valence-corrected chi connectivity index (χ1v) is 27.3. The Morgan fingerprint density at radius 2 is 0.415 bits per heavy atom. The molecule has 0 nitrogen and oxygen atoms in total. The Bertz CT molecular complexity index is 1950. The second-order valence-corrected chi connectivity index (χ2v) is 23.8. The Morgan fingerprint density at radius 3 is 0.523 bits per heavy atom. The van der Waals surface area contributed by atoms with Crippen LogP contribution in [0.3, 0.4) is 0 Å². The number of hydrogen-bond acceptors (Lipinski definition) is 0. The normalized spacial score (nSPS) is 11.3. The van der Waals surface area contributed by atoms with E-state index in [1.165, 1.54) is 101 Å². The van der Waals surface area contributed by atoms with Gasteiger partial charge in [0.2, 0.25) is 0 Å². The average molecular weight is 1310 g/mol. The van der Waals surface area contributed by atoms with E-state index in [1.807, 2.05) is 0 Å². The molecule has 0 aliphatic rings. The van der Waals surface area contributed by atoms with Crippen LogP contribution in [-0.4, -0.2) is 34.2 Å². The van der Waals surface area contributed by atoms with E-state index in [2.05, 4.69) is 243 Å². The van der Waals surface area contributed by atoms with Crippen LogP contribution in [0, 0.1) is 0 Å². The van der Waals surface area contributed by atoms with E-state index in [-0.39, 0.29) is 31.7 Å². The third-order valence-corrected chi connectivity index (χ3v) is 20.5. The van der Waals surface area contributed by atoms with Crippen molar-refractivity contribution in [3.05, 3.63) is 243 Å². The number of benzene rings is 8. The molecular weight excluding hydrogens is 1250 g/mol. The zero-order valence-corrected chi connectivity index (χ0v) is 44.0. The van der Waals surface area contributed by atoms with E-state index >= 15 is 0 Å². The van der Waals surface area contributed by atoms with Gasteiger partial charge in [-0.05, 0) is 112 Å². The molecule has 0 N–H and O–H groups in total. The zero-order chi connectivity index (χ0) is 48.7. The number of hydrogen-bond donors (Lipinski definition) is 0. The van der Waals surface area contributed by atoms with Gasteiger partial charge in [0.05, 0.1) is 0 Å². The molecule has 0 aromatic heterocycles. The fourth-order valence-electron chi connectivity index (χ4n) is 7.27. The van der Waals surface area contributed by atoms with Crippen molar-refractivity contribution in [2.24, 2.45) is 0 Å². The standard InChI is InChI=1S/2C27H26P2.BF4.2Pt.3H/c2*1-5-14-24(15-6-1)28(25-16-7-2-8-17-25)22-13-23-29(26-18-9-3-10-19-26)27-20-11-4-12-21-27;2-1(3,4)5;;;;;/h2*1-12,14-21H,13,22-23H2;;;;;;/q;;-1;;+1;;;/i;;;;;3*1+1. The minimum absolute atomic E-state index is 0.309. The summed E-state index contributed by atoms with van der Waals surface area (Å²) in [7, 11) is -7.24. The summed E-state index contributed by atoms with van der Waals surface area (Å²) in [6, 6.07) is 88.6. The maximum absolute atomic E-state index is 9.75. The van der Waals surface area contributed by atoms with Crippen LogP contribution in [0.1, 0.15) is 12.8 Å². The largest absolute Gasteiger partial charge is 0.0622 e. The molecule has 8 aromatic carbocycles. The summed E-state index contributed by atoms with van der Waals surface area (Å²) in [5.41, 5.74) is 0. The molecule has 0 spiro atoms. The Labute approximate surface area is 419 Å². The predicted octanol–water partition coefficient (Wildman–Crippen LogP) is 11.8. The minimum Gasteiger partial charge on any atom is -0.0622 e. The van der Waals surface area contributed by atoms with Crippen LogP contribution in [0.2, 0.25) is 0 Å². The monoisotopic (exact) mass is 1310 g/mol. The van der Waals surface area contributed by atoms with Crippen molar-refractivity contribution >= 4 is 81.4 Å². The molecule has 8 rings (SSSR count). The Kier molecular flexibility index (Phi) is 22.9. The zero-order valence-electron chi connectivity index (χ0n) is 38.8. The molecule has 8 aromatic rings.